The van der Waals surface area contributed by atoms with Crippen LogP contribution < -0.4 is 4.74 Å². The fourth-order valence-corrected chi connectivity index (χ4v) is 2.02. The number of rotatable bonds is 7. The molecule has 0 radical (unpaired) electrons. The third-order valence-electron chi connectivity index (χ3n) is 1.87. The molecule has 0 unspecified atom stereocenters. The van der Waals surface area contributed by atoms with Gasteiger partial charge in [0.1, 0.15) is 5.75 Å². The van der Waals surface area contributed by atoms with E-state index < -0.39 is 3.79 Å². The summed E-state index contributed by atoms with van der Waals surface area (Å²) in [7, 11) is 0. The first-order chi connectivity index (χ1) is 7.70. The summed E-state index contributed by atoms with van der Waals surface area (Å²) in [5.41, 5.74) is 0. The van der Waals surface area contributed by atoms with E-state index in [2.05, 4.69) is 22.6 Å². The number of ether oxygens (including phenoxy) is 3. The summed E-state index contributed by atoms with van der Waals surface area (Å²) in [5.74, 6) is 0.822. The Kier molecular flexibility index (Phi) is 6.08. The van der Waals surface area contributed by atoms with Gasteiger partial charge in [-0.3, -0.25) is 0 Å². The molecule has 0 amide bonds. The van der Waals surface area contributed by atoms with Crippen molar-refractivity contribution in [2.45, 2.75) is 17.6 Å². The number of halogens is 1. The van der Waals surface area contributed by atoms with Gasteiger partial charge < -0.3 is 14.2 Å². The zero-order valence-electron chi connectivity index (χ0n) is 9.61. The van der Waals surface area contributed by atoms with Gasteiger partial charge >= 0.3 is 0 Å². The molecule has 0 aliphatic carbocycles. The fourth-order valence-electron chi connectivity index (χ4n) is 1.24. The molecule has 1 rings (SSSR count). The average molecular weight is 336 g/mol. The van der Waals surface area contributed by atoms with Crippen LogP contribution in [0.15, 0.2) is 30.3 Å². The van der Waals surface area contributed by atoms with Gasteiger partial charge in [0.15, 0.2) is 6.61 Å². The molecule has 1 aromatic rings. The second-order valence-electron chi connectivity index (χ2n) is 3.13. The first kappa shape index (κ1) is 13.7. The summed E-state index contributed by atoms with van der Waals surface area (Å²) < 4.78 is 16.0. The molecule has 0 aliphatic rings. The van der Waals surface area contributed by atoms with Crippen molar-refractivity contribution in [3.05, 3.63) is 30.3 Å². The van der Waals surface area contributed by atoms with Gasteiger partial charge in [-0.05, 0) is 48.6 Å². The lowest BCUT2D eigenvalue weighted by molar-refractivity contribution is -0.167. The summed E-state index contributed by atoms with van der Waals surface area (Å²) in [4.78, 5) is 0. The van der Waals surface area contributed by atoms with E-state index in [1.807, 2.05) is 44.2 Å². The highest BCUT2D eigenvalue weighted by molar-refractivity contribution is 14.1. The molecule has 0 aliphatic heterocycles. The summed E-state index contributed by atoms with van der Waals surface area (Å²) in [6, 6.07) is 9.65. The van der Waals surface area contributed by atoms with Crippen molar-refractivity contribution in [1.29, 1.82) is 0 Å². The number of hydrogen-bond acceptors (Lipinski definition) is 3. The molecule has 0 bridgehead atoms. The molecule has 3 nitrogen and oxygen atoms in total. The lowest BCUT2D eigenvalue weighted by Crippen LogP contribution is -2.35. The standard InChI is InChI=1S/C12H17IO3/c1-3-15-12(13,16-4-2)10-14-11-8-6-5-7-9-11/h5-9H,3-4,10H2,1-2H3. The Balaban J connectivity index is 2.49. The maximum Gasteiger partial charge on any atom is 0.256 e. The highest BCUT2D eigenvalue weighted by Gasteiger charge is 2.28. The van der Waals surface area contributed by atoms with Gasteiger partial charge in [-0.2, -0.15) is 0 Å². The number of benzene rings is 1. The first-order valence-corrected chi connectivity index (χ1v) is 6.42. The van der Waals surface area contributed by atoms with E-state index in [0.29, 0.717) is 19.8 Å². The van der Waals surface area contributed by atoms with Crippen molar-refractivity contribution in [3.63, 3.8) is 0 Å². The van der Waals surface area contributed by atoms with E-state index in [9.17, 15) is 0 Å². The lowest BCUT2D eigenvalue weighted by atomic mass is 10.3. The predicted molar refractivity (Wildman–Crippen MR) is 71.9 cm³/mol. The van der Waals surface area contributed by atoms with Crippen molar-refractivity contribution in [2.75, 3.05) is 19.8 Å². The van der Waals surface area contributed by atoms with Crippen LogP contribution in [0.5, 0.6) is 5.75 Å². The minimum Gasteiger partial charge on any atom is -0.487 e. The number of para-hydroxylation sites is 1. The van der Waals surface area contributed by atoms with Crippen molar-refractivity contribution in [3.8, 4) is 5.75 Å². The Morgan fingerprint density at radius 3 is 2.12 bits per heavy atom. The Bertz CT molecular complexity index is 284. The summed E-state index contributed by atoms with van der Waals surface area (Å²) in [6.07, 6.45) is 0. The van der Waals surface area contributed by atoms with Gasteiger partial charge in [0.25, 0.3) is 3.79 Å². The average Bonchev–Trinajstić information content (AvgIpc) is 2.29. The normalized spacial score (nSPS) is 11.4. The maximum absolute atomic E-state index is 5.62. The Morgan fingerprint density at radius 2 is 1.62 bits per heavy atom. The van der Waals surface area contributed by atoms with E-state index in [4.69, 9.17) is 14.2 Å². The molecule has 0 fully saturated rings. The molecule has 90 valence electrons. The third kappa shape index (κ3) is 4.67. The van der Waals surface area contributed by atoms with Crippen LogP contribution in [0.3, 0.4) is 0 Å². The van der Waals surface area contributed by atoms with Crippen LogP contribution in [0.2, 0.25) is 0 Å². The van der Waals surface area contributed by atoms with E-state index in [-0.39, 0.29) is 0 Å². The Labute approximate surface area is 110 Å². The van der Waals surface area contributed by atoms with Gasteiger partial charge in [-0.15, -0.1) is 0 Å². The first-order valence-electron chi connectivity index (χ1n) is 5.35. The highest BCUT2D eigenvalue weighted by Crippen LogP contribution is 2.24. The van der Waals surface area contributed by atoms with Gasteiger partial charge in [0, 0.05) is 13.2 Å². The largest absolute Gasteiger partial charge is 0.487 e. The van der Waals surface area contributed by atoms with Crippen LogP contribution in [0, 0.1) is 0 Å². The van der Waals surface area contributed by atoms with Crippen LogP contribution in [0.4, 0.5) is 0 Å². The van der Waals surface area contributed by atoms with Crippen LogP contribution in [-0.4, -0.2) is 23.6 Å². The maximum atomic E-state index is 5.62. The van der Waals surface area contributed by atoms with Gasteiger partial charge in [-0.1, -0.05) is 18.2 Å². The second-order valence-corrected chi connectivity index (χ2v) is 4.77. The zero-order valence-corrected chi connectivity index (χ0v) is 11.8. The molecule has 0 aromatic heterocycles. The van der Waals surface area contributed by atoms with Gasteiger partial charge in [-0.25, -0.2) is 0 Å². The van der Waals surface area contributed by atoms with Crippen LogP contribution in [0.1, 0.15) is 13.8 Å². The Morgan fingerprint density at radius 1 is 1.06 bits per heavy atom. The molecule has 1 aromatic carbocycles. The van der Waals surface area contributed by atoms with E-state index in [1.165, 1.54) is 0 Å². The van der Waals surface area contributed by atoms with Crippen molar-refractivity contribution < 1.29 is 14.2 Å². The molecule has 0 heterocycles. The monoisotopic (exact) mass is 336 g/mol. The van der Waals surface area contributed by atoms with E-state index in [1.54, 1.807) is 0 Å². The van der Waals surface area contributed by atoms with Crippen molar-refractivity contribution >= 4 is 22.6 Å². The molecule has 0 saturated heterocycles. The number of hydrogen-bond donors (Lipinski definition) is 0. The lowest BCUT2D eigenvalue weighted by Gasteiger charge is -2.26. The Hall–Kier alpha value is -0.330. The smallest absolute Gasteiger partial charge is 0.256 e. The van der Waals surface area contributed by atoms with E-state index in [0.717, 1.165) is 5.75 Å². The SMILES string of the molecule is CCOC(I)(COc1ccccc1)OCC. The van der Waals surface area contributed by atoms with Crippen LogP contribution in [0.25, 0.3) is 0 Å². The molecular formula is C12H17IO3. The second kappa shape index (κ2) is 7.09. The topological polar surface area (TPSA) is 27.7 Å². The quantitative estimate of drug-likeness (QED) is 0.435. The third-order valence-corrected chi connectivity index (χ3v) is 2.81. The van der Waals surface area contributed by atoms with Crippen LogP contribution in [-0.2, 0) is 9.47 Å². The molecule has 0 spiro atoms. The van der Waals surface area contributed by atoms with Crippen LogP contribution >= 0.6 is 22.6 Å². The molecular weight excluding hydrogens is 319 g/mol. The molecule has 4 heteroatoms. The molecule has 0 N–H and O–H groups in total. The van der Waals surface area contributed by atoms with Gasteiger partial charge in [0.05, 0.1) is 0 Å². The highest BCUT2D eigenvalue weighted by atomic mass is 127. The molecule has 0 atom stereocenters. The summed E-state index contributed by atoms with van der Waals surface area (Å²) >= 11 is 2.13. The molecule has 0 saturated carbocycles. The number of alkyl halides is 1. The van der Waals surface area contributed by atoms with Gasteiger partial charge in [0.2, 0.25) is 0 Å². The zero-order chi connectivity index (χ0) is 11.9. The minimum atomic E-state index is -0.697. The van der Waals surface area contributed by atoms with Crippen molar-refractivity contribution in [2.24, 2.45) is 0 Å². The van der Waals surface area contributed by atoms with Crippen molar-refractivity contribution in [1.82, 2.24) is 0 Å². The summed E-state index contributed by atoms with van der Waals surface area (Å²) in [5, 5.41) is 0. The predicted octanol–water partition coefficient (Wildman–Crippen LogP) is 3.23. The minimum absolute atomic E-state index is 0.374. The van der Waals surface area contributed by atoms with E-state index >= 15 is 0 Å². The fraction of sp³-hybridized carbons (Fsp3) is 0.500. The summed E-state index contributed by atoms with van der Waals surface area (Å²) in [6.45, 7) is 5.45. The molecule has 16 heavy (non-hydrogen) atoms.